The zero-order chi connectivity index (χ0) is 14.5. The molecule has 0 bridgehead atoms. The van der Waals surface area contributed by atoms with Crippen molar-refractivity contribution in [1.82, 2.24) is 0 Å². The van der Waals surface area contributed by atoms with Crippen LogP contribution in [0.2, 0.25) is 0 Å². The van der Waals surface area contributed by atoms with Gasteiger partial charge in [-0.2, -0.15) is 0 Å². The van der Waals surface area contributed by atoms with Gasteiger partial charge in [-0.15, -0.1) is 12.4 Å². The van der Waals surface area contributed by atoms with Crippen molar-refractivity contribution in [2.24, 2.45) is 11.5 Å². The number of carbonyl (C=O) groups is 2. The maximum Gasteiger partial charge on any atom is 0.250 e. The van der Waals surface area contributed by atoms with Gasteiger partial charge in [0.1, 0.15) is 0 Å². The van der Waals surface area contributed by atoms with Crippen molar-refractivity contribution in [3.63, 3.8) is 0 Å². The fraction of sp³-hybridized carbons (Fsp3) is 0.429. The van der Waals surface area contributed by atoms with Crippen LogP contribution in [0.25, 0.3) is 0 Å². The lowest BCUT2D eigenvalue weighted by Crippen LogP contribution is -2.31. The van der Waals surface area contributed by atoms with Crippen LogP contribution in [0.4, 0.5) is 11.4 Å². The molecule has 0 aliphatic carbocycles. The van der Waals surface area contributed by atoms with Crippen molar-refractivity contribution in [3.8, 4) is 0 Å². The number of nitrogens with two attached hydrogens (primary N) is 2. The number of benzene rings is 1. The monoisotopic (exact) mass is 312 g/mol. The van der Waals surface area contributed by atoms with Gasteiger partial charge >= 0.3 is 0 Å². The van der Waals surface area contributed by atoms with Crippen LogP contribution in [0, 0.1) is 0 Å². The normalized spacial score (nSPS) is 14.2. The van der Waals surface area contributed by atoms with Gasteiger partial charge in [0.25, 0.3) is 5.91 Å². The van der Waals surface area contributed by atoms with E-state index in [2.05, 4.69) is 10.2 Å². The summed E-state index contributed by atoms with van der Waals surface area (Å²) in [5, 5.41) is 2.69. The molecular weight excluding hydrogens is 292 g/mol. The van der Waals surface area contributed by atoms with Crippen LogP contribution in [-0.4, -0.2) is 31.4 Å². The second-order valence-corrected chi connectivity index (χ2v) is 4.90. The van der Waals surface area contributed by atoms with E-state index in [4.69, 9.17) is 11.5 Å². The number of piperidine rings is 1. The van der Waals surface area contributed by atoms with Crippen LogP contribution < -0.4 is 21.7 Å². The molecule has 0 radical (unpaired) electrons. The third-order valence-electron chi connectivity index (χ3n) is 3.43. The molecule has 1 aromatic carbocycles. The van der Waals surface area contributed by atoms with Gasteiger partial charge in [-0.05, 0) is 37.5 Å². The molecule has 0 saturated carbocycles. The molecule has 2 rings (SSSR count). The van der Waals surface area contributed by atoms with Crippen LogP contribution in [0.15, 0.2) is 18.2 Å². The lowest BCUT2D eigenvalue weighted by molar-refractivity contribution is -0.114. The Morgan fingerprint density at radius 1 is 1.19 bits per heavy atom. The molecule has 1 aliphatic heterocycles. The molecular formula is C14H21ClN4O2. The highest BCUT2D eigenvalue weighted by molar-refractivity contribution is 6.00. The highest BCUT2D eigenvalue weighted by Gasteiger charge is 2.18. The Morgan fingerprint density at radius 2 is 1.86 bits per heavy atom. The van der Waals surface area contributed by atoms with Crippen LogP contribution in [0.3, 0.4) is 0 Å². The standard InChI is InChI=1S/C14H20N4O2.ClH/c15-9-13(19)17-10-4-5-11(14(16)20)12(8-10)18-6-2-1-3-7-18;/h4-5,8H,1-3,6-7,9,15H2,(H2,16,20)(H,17,19);1H. The predicted octanol–water partition coefficient (Wildman–Crippen LogP) is 1.09. The molecule has 1 aromatic rings. The Balaban J connectivity index is 0.00000220. The van der Waals surface area contributed by atoms with Crippen LogP contribution in [-0.2, 0) is 4.79 Å². The van der Waals surface area contributed by atoms with Gasteiger partial charge in [-0.25, -0.2) is 0 Å². The average molecular weight is 313 g/mol. The van der Waals surface area contributed by atoms with Crippen LogP contribution >= 0.6 is 12.4 Å². The topological polar surface area (TPSA) is 101 Å². The van der Waals surface area contributed by atoms with Gasteiger partial charge in [0.2, 0.25) is 5.91 Å². The van der Waals surface area contributed by atoms with E-state index in [9.17, 15) is 9.59 Å². The van der Waals surface area contributed by atoms with Crippen LogP contribution in [0.1, 0.15) is 29.6 Å². The van der Waals surface area contributed by atoms with Gasteiger partial charge in [-0.1, -0.05) is 0 Å². The van der Waals surface area contributed by atoms with Crippen molar-refractivity contribution in [2.45, 2.75) is 19.3 Å². The van der Waals surface area contributed by atoms with E-state index < -0.39 is 5.91 Å². The van der Waals surface area contributed by atoms with E-state index in [0.717, 1.165) is 31.6 Å². The maximum absolute atomic E-state index is 11.5. The molecule has 1 heterocycles. The molecule has 5 N–H and O–H groups in total. The third kappa shape index (κ3) is 4.34. The molecule has 2 amide bonds. The van der Waals surface area contributed by atoms with E-state index in [1.807, 2.05) is 0 Å². The first-order chi connectivity index (χ1) is 9.61. The third-order valence-corrected chi connectivity index (χ3v) is 3.43. The summed E-state index contributed by atoms with van der Waals surface area (Å²) in [6.45, 7) is 1.72. The number of halogens is 1. The van der Waals surface area contributed by atoms with Gasteiger partial charge in [0, 0.05) is 18.8 Å². The second kappa shape index (κ2) is 7.85. The highest BCUT2D eigenvalue weighted by Crippen LogP contribution is 2.27. The molecule has 0 spiro atoms. The summed E-state index contributed by atoms with van der Waals surface area (Å²) in [7, 11) is 0. The maximum atomic E-state index is 11.5. The summed E-state index contributed by atoms with van der Waals surface area (Å²) >= 11 is 0. The largest absolute Gasteiger partial charge is 0.371 e. The van der Waals surface area contributed by atoms with Gasteiger partial charge in [0.05, 0.1) is 17.8 Å². The number of primary amides is 1. The summed E-state index contributed by atoms with van der Waals surface area (Å²) in [6.07, 6.45) is 3.39. The minimum absolute atomic E-state index is 0. The number of carbonyl (C=O) groups excluding carboxylic acids is 2. The number of hydrogen-bond donors (Lipinski definition) is 3. The number of nitrogens with zero attached hydrogens (tertiary/aromatic N) is 1. The average Bonchev–Trinajstić information content (AvgIpc) is 2.47. The number of nitrogens with one attached hydrogen (secondary N) is 1. The Kier molecular flexibility index (Phi) is 6.45. The minimum Gasteiger partial charge on any atom is -0.371 e. The molecule has 1 aliphatic rings. The number of rotatable bonds is 4. The van der Waals surface area contributed by atoms with Gasteiger partial charge in [0.15, 0.2) is 0 Å². The summed E-state index contributed by atoms with van der Waals surface area (Å²) in [6, 6.07) is 5.11. The van der Waals surface area contributed by atoms with Crippen molar-refractivity contribution >= 4 is 35.6 Å². The molecule has 0 aromatic heterocycles. The molecule has 0 unspecified atom stereocenters. The molecule has 1 fully saturated rings. The number of hydrogen-bond acceptors (Lipinski definition) is 4. The molecule has 116 valence electrons. The van der Waals surface area contributed by atoms with E-state index in [-0.39, 0.29) is 24.9 Å². The zero-order valence-corrected chi connectivity index (χ0v) is 12.6. The summed E-state index contributed by atoms with van der Waals surface area (Å²) < 4.78 is 0. The first kappa shape index (κ1) is 17.3. The lowest BCUT2D eigenvalue weighted by Gasteiger charge is -2.30. The van der Waals surface area contributed by atoms with Crippen molar-refractivity contribution in [2.75, 3.05) is 29.9 Å². The number of amides is 2. The first-order valence-electron chi connectivity index (χ1n) is 6.80. The smallest absolute Gasteiger partial charge is 0.250 e. The number of anilines is 2. The van der Waals surface area contributed by atoms with Crippen molar-refractivity contribution < 1.29 is 9.59 Å². The molecule has 6 nitrogen and oxygen atoms in total. The summed E-state index contributed by atoms with van der Waals surface area (Å²) in [5.41, 5.74) is 12.6. The fourth-order valence-electron chi connectivity index (χ4n) is 2.43. The molecule has 0 atom stereocenters. The Hall–Kier alpha value is -1.79. The molecule has 21 heavy (non-hydrogen) atoms. The predicted molar refractivity (Wildman–Crippen MR) is 86.0 cm³/mol. The van der Waals surface area contributed by atoms with E-state index in [1.54, 1.807) is 18.2 Å². The molecule has 7 heteroatoms. The summed E-state index contributed by atoms with van der Waals surface area (Å²) in [4.78, 5) is 25.0. The van der Waals surface area contributed by atoms with Crippen molar-refractivity contribution in [3.05, 3.63) is 23.8 Å². The lowest BCUT2D eigenvalue weighted by atomic mass is 10.1. The van der Waals surface area contributed by atoms with E-state index >= 15 is 0 Å². The van der Waals surface area contributed by atoms with E-state index in [1.165, 1.54) is 6.42 Å². The van der Waals surface area contributed by atoms with Gasteiger partial charge in [-0.3, -0.25) is 9.59 Å². The van der Waals surface area contributed by atoms with Gasteiger partial charge < -0.3 is 21.7 Å². The first-order valence-corrected chi connectivity index (χ1v) is 6.80. The fourth-order valence-corrected chi connectivity index (χ4v) is 2.43. The minimum atomic E-state index is -0.456. The van der Waals surface area contributed by atoms with Crippen molar-refractivity contribution in [1.29, 1.82) is 0 Å². The Morgan fingerprint density at radius 3 is 2.43 bits per heavy atom. The quantitative estimate of drug-likeness (QED) is 0.774. The second-order valence-electron chi connectivity index (χ2n) is 4.90. The SMILES string of the molecule is Cl.NCC(=O)Nc1ccc(C(N)=O)c(N2CCCCC2)c1. The summed E-state index contributed by atoms with van der Waals surface area (Å²) in [5.74, 6) is -0.719. The Bertz CT molecular complexity index is 516. The van der Waals surface area contributed by atoms with Crippen LogP contribution in [0.5, 0.6) is 0 Å². The zero-order valence-electron chi connectivity index (χ0n) is 11.8. The van der Waals surface area contributed by atoms with E-state index in [0.29, 0.717) is 11.3 Å². The molecule has 1 saturated heterocycles. The highest BCUT2D eigenvalue weighted by atomic mass is 35.5. The Labute approximate surface area is 130 Å².